The van der Waals surface area contributed by atoms with Gasteiger partial charge in [-0.25, -0.2) is 9.59 Å². The molecule has 52 heavy (non-hydrogen) atoms. The molecule has 304 valence electrons. The lowest BCUT2D eigenvalue weighted by atomic mass is 9.79. The van der Waals surface area contributed by atoms with Crippen molar-refractivity contribution in [2.45, 2.75) is 172 Å². The minimum absolute atomic E-state index is 0.0739. The highest BCUT2D eigenvalue weighted by Gasteiger charge is 2.45. The predicted octanol–water partition coefficient (Wildman–Crippen LogP) is 10.2. The third kappa shape index (κ3) is 19.2. The van der Waals surface area contributed by atoms with Crippen molar-refractivity contribution in [1.29, 1.82) is 0 Å². The number of amides is 2. The zero-order valence-corrected chi connectivity index (χ0v) is 36.7. The van der Waals surface area contributed by atoms with E-state index in [1.165, 1.54) is 0 Å². The Kier molecular flexibility index (Phi) is 16.5. The topological polar surface area (TPSA) is 151 Å². The van der Waals surface area contributed by atoms with E-state index in [0.29, 0.717) is 37.4 Å². The summed E-state index contributed by atoms with van der Waals surface area (Å²) in [6.45, 7) is 34.7. The molecule has 0 aliphatic carbocycles. The van der Waals surface area contributed by atoms with Crippen LogP contribution < -0.4 is 0 Å². The van der Waals surface area contributed by atoms with Crippen LogP contribution in [0.15, 0.2) is 5.11 Å². The first kappa shape index (κ1) is 47.8. The highest BCUT2D eigenvalue weighted by molar-refractivity contribution is 7.85. The summed E-state index contributed by atoms with van der Waals surface area (Å²) < 4.78 is 39.1. The van der Waals surface area contributed by atoms with Crippen molar-refractivity contribution in [3.05, 3.63) is 10.4 Å². The fraction of sp³-hybridized carbons (Fsp3) is 0.949. The molecule has 0 aromatic carbocycles. The van der Waals surface area contributed by atoms with Crippen molar-refractivity contribution in [1.82, 2.24) is 9.80 Å². The van der Waals surface area contributed by atoms with Gasteiger partial charge in [0.15, 0.2) is 0 Å². The monoisotopic (exact) mass is 758 g/mol. The highest BCUT2D eigenvalue weighted by Crippen LogP contribution is 2.40. The van der Waals surface area contributed by atoms with E-state index in [1.807, 2.05) is 51.3 Å². The molecule has 0 aromatic rings. The fourth-order valence-electron chi connectivity index (χ4n) is 7.85. The Labute approximate surface area is 317 Å². The molecule has 0 N–H and O–H groups in total. The van der Waals surface area contributed by atoms with Gasteiger partial charge in [-0.15, -0.1) is 0 Å². The summed E-state index contributed by atoms with van der Waals surface area (Å²) in [7, 11) is -3.46. The molecule has 0 aromatic heterocycles. The Balaban J connectivity index is 0.000000522. The van der Waals surface area contributed by atoms with Gasteiger partial charge in [0, 0.05) is 35.6 Å². The van der Waals surface area contributed by atoms with Gasteiger partial charge in [-0.05, 0) is 148 Å². The van der Waals surface area contributed by atoms with Crippen molar-refractivity contribution >= 4 is 22.3 Å². The summed E-state index contributed by atoms with van der Waals surface area (Å²) in [5.41, 5.74) is 7.43. The summed E-state index contributed by atoms with van der Waals surface area (Å²) >= 11 is 0. The molecule has 2 aliphatic rings. The lowest BCUT2D eigenvalue weighted by Gasteiger charge is -2.33. The molecule has 2 amide bonds. The molecule has 4 atom stereocenters. The predicted molar refractivity (Wildman–Crippen MR) is 209 cm³/mol. The molecule has 2 unspecified atom stereocenters. The molecule has 0 spiro atoms. The van der Waals surface area contributed by atoms with Crippen LogP contribution in [0.1, 0.15) is 149 Å². The lowest BCUT2D eigenvalue weighted by Crippen LogP contribution is -2.45. The van der Waals surface area contributed by atoms with Gasteiger partial charge in [0.1, 0.15) is 11.2 Å². The van der Waals surface area contributed by atoms with Crippen LogP contribution in [0.25, 0.3) is 10.4 Å². The molecule has 0 radical (unpaired) electrons. The van der Waals surface area contributed by atoms with Crippen LogP contribution >= 0.6 is 0 Å². The average Bonchev–Trinajstić information content (AvgIpc) is 3.35. The van der Waals surface area contributed by atoms with E-state index >= 15 is 0 Å². The number of nitrogens with zero attached hydrogens (tertiary/aromatic N) is 5. The molecule has 2 rings (SSSR count). The van der Waals surface area contributed by atoms with Crippen LogP contribution in [0.2, 0.25) is 0 Å². The van der Waals surface area contributed by atoms with E-state index in [2.05, 4.69) is 79.3 Å². The minimum atomic E-state index is -3.46. The first-order valence-corrected chi connectivity index (χ1v) is 20.8. The maximum atomic E-state index is 12.6. The molecule has 2 saturated heterocycles. The van der Waals surface area contributed by atoms with Crippen LogP contribution in [0.3, 0.4) is 0 Å². The van der Waals surface area contributed by atoms with Crippen LogP contribution in [0.4, 0.5) is 9.59 Å². The third-order valence-electron chi connectivity index (χ3n) is 9.20. The number of carbonyl (C=O) groups excluding carboxylic acids is 2. The van der Waals surface area contributed by atoms with Gasteiger partial charge >= 0.3 is 12.2 Å². The average molecular weight is 758 g/mol. The molecule has 2 aliphatic heterocycles. The summed E-state index contributed by atoms with van der Waals surface area (Å²) in [6, 6.07) is 0. The van der Waals surface area contributed by atoms with Crippen molar-refractivity contribution in [3.8, 4) is 0 Å². The summed E-state index contributed by atoms with van der Waals surface area (Å²) in [6.07, 6.45) is 6.06. The van der Waals surface area contributed by atoms with Crippen LogP contribution in [-0.2, 0) is 23.8 Å². The first-order chi connectivity index (χ1) is 23.1. The fourth-order valence-corrected chi connectivity index (χ4v) is 8.29. The molecule has 2 fully saturated rings. The normalized spacial score (nSPS) is 21.8. The van der Waals surface area contributed by atoms with Gasteiger partial charge in [-0.1, -0.05) is 46.7 Å². The maximum absolute atomic E-state index is 12.6. The number of rotatable bonds is 11. The van der Waals surface area contributed by atoms with Crippen molar-refractivity contribution in [3.63, 3.8) is 0 Å². The van der Waals surface area contributed by atoms with Crippen molar-refractivity contribution in [2.75, 3.05) is 32.5 Å². The third-order valence-corrected chi connectivity index (χ3v) is 9.77. The molecule has 0 bridgehead atoms. The molecular formula is C39H75N5O7S. The maximum Gasteiger partial charge on any atom is 0.410 e. The zero-order valence-electron chi connectivity index (χ0n) is 35.9. The summed E-state index contributed by atoms with van der Waals surface area (Å²) in [5, 5.41) is 3.81. The second kappa shape index (κ2) is 17.9. The number of hydrogen-bond acceptors (Lipinski definition) is 8. The van der Waals surface area contributed by atoms with Crippen LogP contribution in [0.5, 0.6) is 0 Å². The second-order valence-corrected chi connectivity index (χ2v) is 22.7. The van der Waals surface area contributed by atoms with E-state index in [4.69, 9.17) is 19.2 Å². The summed E-state index contributed by atoms with van der Waals surface area (Å²) in [4.78, 5) is 31.8. The van der Waals surface area contributed by atoms with E-state index in [-0.39, 0.29) is 46.6 Å². The van der Waals surface area contributed by atoms with Gasteiger partial charge in [0.05, 0.1) is 12.9 Å². The molecule has 13 heteroatoms. The van der Waals surface area contributed by atoms with Gasteiger partial charge in [-0.3, -0.25) is 4.18 Å². The summed E-state index contributed by atoms with van der Waals surface area (Å²) in [5.74, 6) is 1.17. The van der Waals surface area contributed by atoms with E-state index in [1.54, 1.807) is 0 Å². The Morgan fingerprint density at radius 1 is 0.750 bits per heavy atom. The quantitative estimate of drug-likeness (QED) is 0.0880. The number of ether oxygens (including phenoxy) is 2. The Hall–Kier alpha value is -2.24. The Morgan fingerprint density at radius 3 is 1.44 bits per heavy atom. The van der Waals surface area contributed by atoms with Crippen molar-refractivity contribution < 1.29 is 31.7 Å². The highest BCUT2D eigenvalue weighted by atomic mass is 32.2. The van der Waals surface area contributed by atoms with Crippen LogP contribution in [-0.4, -0.2) is 85.2 Å². The number of azide groups is 1. The van der Waals surface area contributed by atoms with E-state index < -0.39 is 21.3 Å². The van der Waals surface area contributed by atoms with Gasteiger partial charge in [0.2, 0.25) is 0 Å². The minimum Gasteiger partial charge on any atom is -0.444 e. The largest absolute Gasteiger partial charge is 0.444 e. The SMILES string of the molecule is CC(C)(C)CC(CN=[N+]=[N-])C[C@@H]1CN(C(=O)OC(C)(C)C)C(C)(C)C1.CC(C)(C)CC(COS(C)(=O)=O)C[C@@H]1CN(C(=O)OC(C)(C)C)C(C)(C)C1. The van der Waals surface area contributed by atoms with Crippen molar-refractivity contribution in [2.24, 2.45) is 39.6 Å². The van der Waals surface area contributed by atoms with Gasteiger partial charge in [-0.2, -0.15) is 8.42 Å². The van der Waals surface area contributed by atoms with Crippen LogP contribution in [0, 0.1) is 34.5 Å². The standard InChI is InChI=1S/C20H39NO5S.C19H36N4O2/c1-18(2,3)11-16(14-25-27(9,23)24)10-15-12-20(7,8)21(13-15)17(22)26-19(4,5)6;1-17(2,3)10-14(12-21-22-20)9-15-11-19(7,8)23(13-15)16(24)25-18(4,5)6/h15-16H,10-14H2,1-9H3;14-15H,9-13H2,1-8H3/t15-,16?;14?,15-/m00/s1. The number of likely N-dealkylation sites (tertiary alicyclic amines) is 2. The zero-order chi connectivity index (χ0) is 40.7. The van der Waals surface area contributed by atoms with E-state index in [0.717, 1.165) is 44.8 Å². The molecular weight excluding hydrogens is 683 g/mol. The first-order valence-electron chi connectivity index (χ1n) is 19.0. The van der Waals surface area contributed by atoms with Gasteiger partial charge in [0.25, 0.3) is 10.1 Å². The molecule has 0 saturated carbocycles. The van der Waals surface area contributed by atoms with Gasteiger partial charge < -0.3 is 19.3 Å². The number of carbonyl (C=O) groups is 2. The Bertz CT molecular complexity index is 1330. The molecule has 2 heterocycles. The van der Waals surface area contributed by atoms with E-state index in [9.17, 15) is 18.0 Å². The Morgan fingerprint density at radius 2 is 1.12 bits per heavy atom. The second-order valence-electron chi connectivity index (χ2n) is 21.1. The lowest BCUT2D eigenvalue weighted by molar-refractivity contribution is 0.0118. The number of hydrogen-bond donors (Lipinski definition) is 0. The smallest absolute Gasteiger partial charge is 0.410 e. The molecule has 12 nitrogen and oxygen atoms in total.